The van der Waals surface area contributed by atoms with Crippen LogP contribution in [0.2, 0.25) is 0 Å². The van der Waals surface area contributed by atoms with E-state index in [-0.39, 0.29) is 6.03 Å². The molecule has 7 heteroatoms. The summed E-state index contributed by atoms with van der Waals surface area (Å²) in [6.45, 7) is 4.73. The quantitative estimate of drug-likeness (QED) is 0.480. The minimum Gasteiger partial charge on any atom is -0.497 e. The second-order valence-electron chi connectivity index (χ2n) is 7.81. The van der Waals surface area contributed by atoms with E-state index in [4.69, 9.17) is 9.26 Å². The van der Waals surface area contributed by atoms with Crippen molar-refractivity contribution >= 4 is 11.6 Å². The molecule has 1 aliphatic rings. The van der Waals surface area contributed by atoms with Crippen molar-refractivity contribution < 1.29 is 14.1 Å². The van der Waals surface area contributed by atoms with Crippen LogP contribution in [0.5, 0.6) is 5.75 Å². The number of nitrogens with one attached hydrogen (secondary N) is 1. The monoisotopic (exact) mass is 432 g/mol. The molecule has 0 aliphatic carbocycles. The predicted octanol–water partition coefficient (Wildman–Crippen LogP) is 5.43. The van der Waals surface area contributed by atoms with Crippen LogP contribution >= 0.6 is 0 Å². The molecule has 7 nitrogen and oxygen atoms in total. The molecule has 1 aliphatic heterocycles. The van der Waals surface area contributed by atoms with Gasteiger partial charge < -0.3 is 14.6 Å². The lowest BCUT2D eigenvalue weighted by molar-refractivity contribution is 0.204. The molecule has 2 amide bonds. The van der Waals surface area contributed by atoms with Gasteiger partial charge in [0.15, 0.2) is 0 Å². The first-order chi connectivity index (χ1) is 15.6. The van der Waals surface area contributed by atoms with Crippen molar-refractivity contribution in [3.8, 4) is 17.1 Å². The third-order valence-corrected chi connectivity index (χ3v) is 5.70. The lowest BCUT2D eigenvalue weighted by Crippen LogP contribution is -2.46. The summed E-state index contributed by atoms with van der Waals surface area (Å²) < 4.78 is 11.1. The van der Waals surface area contributed by atoms with Gasteiger partial charge in [-0.05, 0) is 31.0 Å². The Balaban J connectivity index is 1.78. The van der Waals surface area contributed by atoms with Crippen LogP contribution in [0.4, 0.5) is 4.79 Å². The van der Waals surface area contributed by atoms with E-state index in [1.807, 2.05) is 61.5 Å². The van der Waals surface area contributed by atoms with Gasteiger partial charge in [0.25, 0.3) is 5.89 Å². The Morgan fingerprint density at radius 2 is 1.94 bits per heavy atom. The maximum atomic E-state index is 13.0. The molecule has 1 atom stereocenters. The molecular weight excluding hydrogens is 404 g/mol. The molecule has 3 aromatic rings. The minimum absolute atomic E-state index is 0.127. The Labute approximate surface area is 188 Å². The molecule has 1 unspecified atom stereocenters. The Morgan fingerprint density at radius 3 is 2.69 bits per heavy atom. The molecule has 0 bridgehead atoms. The second-order valence-corrected chi connectivity index (χ2v) is 7.81. The minimum atomic E-state index is -0.427. The Morgan fingerprint density at radius 1 is 1.12 bits per heavy atom. The number of unbranched alkanes of at least 4 members (excludes halogenated alkanes) is 2. The largest absolute Gasteiger partial charge is 0.497 e. The molecule has 0 saturated carbocycles. The van der Waals surface area contributed by atoms with Gasteiger partial charge in [0.1, 0.15) is 5.75 Å². The van der Waals surface area contributed by atoms with Crippen molar-refractivity contribution in [1.29, 1.82) is 0 Å². The SMILES string of the molecule is CCCCCN1C(=O)NC(c2cccc(OC)c2)C(c2nc(-c3ccccc3)no2)=C1C. The maximum absolute atomic E-state index is 13.0. The fraction of sp³-hybridized carbons (Fsp3) is 0.320. The number of allylic oxidation sites excluding steroid dienone is 1. The standard InChI is InChI=1S/C25H28N4O3/c1-4-5-9-15-29-17(2)21(24-27-23(28-32-24)18-11-7-6-8-12-18)22(26-25(29)30)19-13-10-14-20(16-19)31-3/h6-8,10-14,16,22H,4-5,9,15H2,1-3H3,(H,26,30). The van der Waals surface area contributed by atoms with Crippen LogP contribution in [-0.2, 0) is 0 Å². The summed E-state index contributed by atoms with van der Waals surface area (Å²) in [5.41, 5.74) is 3.38. The van der Waals surface area contributed by atoms with Gasteiger partial charge >= 0.3 is 6.03 Å². The molecule has 32 heavy (non-hydrogen) atoms. The van der Waals surface area contributed by atoms with E-state index in [1.165, 1.54) is 0 Å². The highest BCUT2D eigenvalue weighted by Gasteiger charge is 2.35. The van der Waals surface area contributed by atoms with Crippen LogP contribution in [0.15, 0.2) is 64.8 Å². The summed E-state index contributed by atoms with van der Waals surface area (Å²) in [4.78, 5) is 19.5. The smallest absolute Gasteiger partial charge is 0.322 e. The first kappa shape index (κ1) is 21.6. The third-order valence-electron chi connectivity index (χ3n) is 5.70. The zero-order valence-corrected chi connectivity index (χ0v) is 18.7. The predicted molar refractivity (Wildman–Crippen MR) is 123 cm³/mol. The van der Waals surface area contributed by atoms with Gasteiger partial charge in [0, 0.05) is 17.8 Å². The van der Waals surface area contributed by atoms with Crippen LogP contribution in [0.25, 0.3) is 17.0 Å². The maximum Gasteiger partial charge on any atom is 0.322 e. The number of hydrogen-bond donors (Lipinski definition) is 1. The average Bonchev–Trinajstić information content (AvgIpc) is 3.31. The molecule has 4 rings (SSSR count). The molecule has 0 spiro atoms. The Hall–Kier alpha value is -3.61. The third kappa shape index (κ3) is 4.37. The lowest BCUT2D eigenvalue weighted by atomic mass is 9.94. The van der Waals surface area contributed by atoms with E-state index in [2.05, 4.69) is 22.4 Å². The number of aromatic nitrogens is 2. The summed E-state index contributed by atoms with van der Waals surface area (Å²) in [5, 5.41) is 7.34. The number of urea groups is 1. The van der Waals surface area contributed by atoms with E-state index in [0.29, 0.717) is 18.3 Å². The molecule has 1 N–H and O–H groups in total. The lowest BCUT2D eigenvalue weighted by Gasteiger charge is -2.35. The van der Waals surface area contributed by atoms with Gasteiger partial charge in [-0.3, -0.25) is 4.90 Å². The topological polar surface area (TPSA) is 80.5 Å². The molecule has 166 valence electrons. The molecule has 2 heterocycles. The average molecular weight is 433 g/mol. The van der Waals surface area contributed by atoms with Crippen LogP contribution in [0.1, 0.15) is 50.6 Å². The number of benzene rings is 2. The number of ether oxygens (including phenoxy) is 1. The number of rotatable bonds is 8. The highest BCUT2D eigenvalue weighted by atomic mass is 16.5. The van der Waals surface area contributed by atoms with Gasteiger partial charge in [-0.15, -0.1) is 0 Å². The van der Waals surface area contributed by atoms with Crippen LogP contribution in [0, 0.1) is 0 Å². The van der Waals surface area contributed by atoms with Crippen LogP contribution < -0.4 is 10.1 Å². The number of methoxy groups -OCH3 is 1. The number of hydrogen-bond acceptors (Lipinski definition) is 5. The van der Waals surface area contributed by atoms with Crippen LogP contribution in [-0.4, -0.2) is 34.7 Å². The zero-order valence-electron chi connectivity index (χ0n) is 18.7. The van der Waals surface area contributed by atoms with E-state index >= 15 is 0 Å². The first-order valence-corrected chi connectivity index (χ1v) is 10.9. The van der Waals surface area contributed by atoms with Gasteiger partial charge in [0.05, 0.1) is 18.7 Å². The van der Waals surface area contributed by atoms with E-state index in [9.17, 15) is 4.79 Å². The van der Waals surface area contributed by atoms with Crippen molar-refractivity contribution in [2.75, 3.05) is 13.7 Å². The first-order valence-electron chi connectivity index (χ1n) is 10.9. The van der Waals surface area contributed by atoms with Crippen LogP contribution in [0.3, 0.4) is 0 Å². The fourth-order valence-electron chi connectivity index (χ4n) is 3.96. The summed E-state index contributed by atoms with van der Waals surface area (Å²) >= 11 is 0. The zero-order chi connectivity index (χ0) is 22.5. The number of carbonyl (C=O) groups is 1. The van der Waals surface area contributed by atoms with E-state index in [0.717, 1.165) is 47.4 Å². The van der Waals surface area contributed by atoms with Crippen molar-refractivity contribution in [2.45, 2.75) is 39.2 Å². The molecular formula is C25H28N4O3. The number of carbonyl (C=O) groups excluding carboxylic acids is 1. The summed E-state index contributed by atoms with van der Waals surface area (Å²) in [6.07, 6.45) is 3.07. The highest BCUT2D eigenvalue weighted by molar-refractivity contribution is 5.87. The number of nitrogens with zero attached hydrogens (tertiary/aromatic N) is 3. The Bertz CT molecular complexity index is 1110. The van der Waals surface area contributed by atoms with Crippen molar-refractivity contribution in [3.63, 3.8) is 0 Å². The molecule has 0 radical (unpaired) electrons. The molecule has 1 aromatic heterocycles. The summed E-state index contributed by atoms with van der Waals surface area (Å²) in [7, 11) is 1.63. The normalized spacial score (nSPS) is 16.3. The van der Waals surface area contributed by atoms with E-state index < -0.39 is 6.04 Å². The summed E-state index contributed by atoms with van der Waals surface area (Å²) in [6, 6.07) is 16.8. The molecule has 0 saturated heterocycles. The Kier molecular flexibility index (Phi) is 6.54. The van der Waals surface area contributed by atoms with E-state index in [1.54, 1.807) is 12.0 Å². The highest BCUT2D eigenvalue weighted by Crippen LogP contribution is 2.38. The number of amides is 2. The fourth-order valence-corrected chi connectivity index (χ4v) is 3.96. The summed E-state index contributed by atoms with van der Waals surface area (Å²) in [5.74, 6) is 1.63. The second kappa shape index (κ2) is 9.68. The van der Waals surface area contributed by atoms with Crippen molar-refractivity contribution in [3.05, 3.63) is 71.7 Å². The van der Waals surface area contributed by atoms with Crippen molar-refractivity contribution in [2.24, 2.45) is 0 Å². The van der Waals surface area contributed by atoms with Gasteiger partial charge in [0.2, 0.25) is 5.82 Å². The molecule has 0 fully saturated rings. The van der Waals surface area contributed by atoms with Crippen molar-refractivity contribution in [1.82, 2.24) is 20.4 Å². The van der Waals surface area contributed by atoms with Gasteiger partial charge in [-0.25, -0.2) is 4.79 Å². The van der Waals surface area contributed by atoms with Gasteiger partial charge in [-0.2, -0.15) is 4.98 Å². The molecule has 2 aromatic carbocycles. The van der Waals surface area contributed by atoms with Gasteiger partial charge in [-0.1, -0.05) is 67.4 Å².